The Labute approximate surface area is 157 Å². The quantitative estimate of drug-likeness (QED) is 0.738. The largest absolute Gasteiger partial charge is 0.308 e. The summed E-state index contributed by atoms with van der Waals surface area (Å²) < 4.78 is 0. The van der Waals surface area contributed by atoms with Crippen molar-refractivity contribution in [2.24, 2.45) is 0 Å². The predicted molar refractivity (Wildman–Crippen MR) is 104 cm³/mol. The van der Waals surface area contributed by atoms with Crippen LogP contribution in [0.2, 0.25) is 10.0 Å². The maximum absolute atomic E-state index is 12.7. The molecule has 1 N–H and O–H groups in total. The molecule has 2 aromatic carbocycles. The van der Waals surface area contributed by atoms with E-state index >= 15 is 0 Å². The summed E-state index contributed by atoms with van der Waals surface area (Å²) in [5.74, 6) is 0.0311. The van der Waals surface area contributed by atoms with Crippen molar-refractivity contribution in [1.82, 2.24) is 5.32 Å². The molecule has 2 nitrogen and oxygen atoms in total. The summed E-state index contributed by atoms with van der Waals surface area (Å²) in [5, 5.41) is 4.52. The van der Waals surface area contributed by atoms with Gasteiger partial charge in [-0.3, -0.25) is 4.79 Å². The molecule has 2 aromatic rings. The van der Waals surface area contributed by atoms with E-state index in [4.69, 9.17) is 23.2 Å². The van der Waals surface area contributed by atoms with E-state index in [9.17, 15) is 4.79 Å². The second kappa shape index (κ2) is 8.50. The summed E-state index contributed by atoms with van der Waals surface area (Å²) in [7, 11) is 0. The molecule has 1 aliphatic rings. The van der Waals surface area contributed by atoms with E-state index in [2.05, 4.69) is 5.32 Å². The first kappa shape index (κ1) is 18.8. The number of nitrogens with one attached hydrogen (secondary N) is 1. The zero-order valence-corrected chi connectivity index (χ0v) is 15.1. The molecule has 1 heterocycles. The Morgan fingerprint density at radius 2 is 1.21 bits per heavy atom. The normalized spacial score (nSPS) is 17.8. The number of ketones is 1. The lowest BCUT2D eigenvalue weighted by Gasteiger charge is -2.18. The van der Waals surface area contributed by atoms with Gasteiger partial charge in [-0.05, 0) is 35.4 Å². The van der Waals surface area contributed by atoms with E-state index in [-0.39, 0.29) is 18.2 Å². The number of Topliss-reactive ketones (excluding diaryl/α,β-unsaturated/α-hetero) is 1. The number of piperidine rings is 1. The van der Waals surface area contributed by atoms with Crippen LogP contribution in [-0.2, 0) is 4.79 Å². The smallest absolute Gasteiger partial charge is 0.187 e. The minimum Gasteiger partial charge on any atom is -0.308 e. The third kappa shape index (κ3) is 4.28. The average molecular weight is 381 g/mol. The molecule has 1 aliphatic heterocycles. The fourth-order valence-corrected chi connectivity index (χ4v) is 2.87. The monoisotopic (exact) mass is 379 g/mol. The molecule has 0 spiro atoms. The van der Waals surface area contributed by atoms with Crippen LogP contribution in [0.4, 0.5) is 0 Å². The molecule has 0 atom stereocenters. The van der Waals surface area contributed by atoms with Crippen molar-refractivity contribution in [2.45, 2.75) is 0 Å². The molecule has 1 saturated heterocycles. The third-order valence-electron chi connectivity index (χ3n) is 3.68. The number of rotatable bonds is 2. The van der Waals surface area contributed by atoms with Crippen LogP contribution in [0.15, 0.2) is 59.7 Å². The lowest BCUT2D eigenvalue weighted by Crippen LogP contribution is -2.32. The molecule has 1 fully saturated rings. The number of carbonyl (C=O) groups excluding carboxylic acids is 1. The first-order valence-corrected chi connectivity index (χ1v) is 8.06. The molecular formula is C19H16Cl3NO. The van der Waals surface area contributed by atoms with E-state index in [1.165, 1.54) is 0 Å². The highest BCUT2D eigenvalue weighted by Crippen LogP contribution is 2.23. The fraction of sp³-hybridized carbons (Fsp3) is 0.105. The van der Waals surface area contributed by atoms with Gasteiger partial charge in [-0.2, -0.15) is 0 Å². The summed E-state index contributed by atoms with van der Waals surface area (Å²) in [6.07, 6.45) is 3.69. The minimum absolute atomic E-state index is 0. The average Bonchev–Trinajstić information content (AvgIpc) is 2.55. The summed E-state index contributed by atoms with van der Waals surface area (Å²) >= 11 is 12.3. The predicted octanol–water partition coefficient (Wildman–Crippen LogP) is 5.05. The first-order valence-electron chi connectivity index (χ1n) is 7.31. The van der Waals surface area contributed by atoms with Crippen molar-refractivity contribution in [3.63, 3.8) is 0 Å². The van der Waals surface area contributed by atoms with Gasteiger partial charge in [0.25, 0.3) is 0 Å². The van der Waals surface area contributed by atoms with Crippen LogP contribution in [0, 0.1) is 0 Å². The van der Waals surface area contributed by atoms with E-state index in [1.807, 2.05) is 60.7 Å². The third-order valence-corrected chi connectivity index (χ3v) is 4.37. The van der Waals surface area contributed by atoms with E-state index in [1.54, 1.807) is 0 Å². The van der Waals surface area contributed by atoms with Crippen LogP contribution in [0.1, 0.15) is 11.1 Å². The SMILES string of the molecule is Cl.O=C1/C(=C/c2ccccc2Cl)CNC/C1=C\c1ccccc1Cl. The van der Waals surface area contributed by atoms with E-state index in [0.717, 1.165) is 11.1 Å². The Balaban J connectivity index is 0.00000208. The van der Waals surface area contributed by atoms with Gasteiger partial charge in [0.1, 0.15) is 0 Å². The summed E-state index contributed by atoms with van der Waals surface area (Å²) in [4.78, 5) is 12.7. The van der Waals surface area contributed by atoms with Crippen molar-refractivity contribution in [2.75, 3.05) is 13.1 Å². The summed E-state index contributed by atoms with van der Waals surface area (Å²) in [6.45, 7) is 1.06. The van der Waals surface area contributed by atoms with Gasteiger partial charge >= 0.3 is 0 Å². The molecule has 0 unspecified atom stereocenters. The second-order valence-corrected chi connectivity index (χ2v) is 6.13. The molecule has 0 radical (unpaired) electrons. The van der Waals surface area contributed by atoms with E-state index < -0.39 is 0 Å². The van der Waals surface area contributed by atoms with Gasteiger partial charge in [0.2, 0.25) is 0 Å². The molecule has 0 aromatic heterocycles. The molecule has 0 aliphatic carbocycles. The Morgan fingerprint density at radius 3 is 1.62 bits per heavy atom. The van der Waals surface area contributed by atoms with Crippen LogP contribution < -0.4 is 5.32 Å². The summed E-state index contributed by atoms with van der Waals surface area (Å²) in [5.41, 5.74) is 3.09. The standard InChI is InChI=1S/C19H15Cl2NO.ClH/c20-17-7-3-1-5-13(17)9-15-11-22-12-16(19(15)23)10-14-6-2-4-8-18(14)21;/h1-10,22H,11-12H2;1H/b15-9+,16-10+;. The fourth-order valence-electron chi connectivity index (χ4n) is 2.49. The van der Waals surface area contributed by atoms with Crippen LogP contribution in [-0.4, -0.2) is 18.9 Å². The first-order chi connectivity index (χ1) is 11.1. The number of benzene rings is 2. The highest BCUT2D eigenvalue weighted by molar-refractivity contribution is 6.33. The molecule has 24 heavy (non-hydrogen) atoms. The molecule has 0 saturated carbocycles. The van der Waals surface area contributed by atoms with Crippen LogP contribution in [0.25, 0.3) is 12.2 Å². The topological polar surface area (TPSA) is 29.1 Å². The number of hydrogen-bond acceptors (Lipinski definition) is 2. The van der Waals surface area contributed by atoms with Crippen molar-refractivity contribution < 1.29 is 4.79 Å². The highest BCUT2D eigenvalue weighted by Gasteiger charge is 2.20. The molecule has 124 valence electrons. The number of halogens is 3. The maximum Gasteiger partial charge on any atom is 0.187 e. The summed E-state index contributed by atoms with van der Waals surface area (Å²) in [6, 6.07) is 15.0. The van der Waals surface area contributed by atoms with Crippen molar-refractivity contribution in [3.05, 3.63) is 80.8 Å². The van der Waals surface area contributed by atoms with Gasteiger partial charge in [0, 0.05) is 34.3 Å². The molecule has 3 rings (SSSR count). The number of carbonyl (C=O) groups is 1. The van der Waals surface area contributed by atoms with Gasteiger partial charge in [-0.1, -0.05) is 59.6 Å². The Hall–Kier alpha value is -1.58. The zero-order valence-electron chi connectivity index (χ0n) is 12.8. The second-order valence-electron chi connectivity index (χ2n) is 5.31. The Morgan fingerprint density at radius 1 is 0.792 bits per heavy atom. The molecule has 0 bridgehead atoms. The van der Waals surface area contributed by atoms with Crippen molar-refractivity contribution in [3.8, 4) is 0 Å². The van der Waals surface area contributed by atoms with Gasteiger partial charge in [0.05, 0.1) is 0 Å². The molecular weight excluding hydrogens is 365 g/mol. The van der Waals surface area contributed by atoms with Crippen LogP contribution in [0.5, 0.6) is 0 Å². The molecule has 5 heteroatoms. The van der Waals surface area contributed by atoms with Gasteiger partial charge in [0.15, 0.2) is 5.78 Å². The maximum atomic E-state index is 12.7. The Kier molecular flexibility index (Phi) is 6.64. The minimum atomic E-state index is 0. The van der Waals surface area contributed by atoms with Crippen LogP contribution >= 0.6 is 35.6 Å². The van der Waals surface area contributed by atoms with E-state index in [0.29, 0.717) is 34.3 Å². The van der Waals surface area contributed by atoms with Gasteiger partial charge in [-0.25, -0.2) is 0 Å². The van der Waals surface area contributed by atoms with Crippen molar-refractivity contribution in [1.29, 1.82) is 0 Å². The lowest BCUT2D eigenvalue weighted by molar-refractivity contribution is -0.112. The van der Waals surface area contributed by atoms with Crippen molar-refractivity contribution >= 4 is 53.5 Å². The van der Waals surface area contributed by atoms with Gasteiger partial charge < -0.3 is 5.32 Å². The zero-order chi connectivity index (χ0) is 16.2. The van der Waals surface area contributed by atoms with Gasteiger partial charge in [-0.15, -0.1) is 12.4 Å². The van der Waals surface area contributed by atoms with Crippen LogP contribution in [0.3, 0.4) is 0 Å². The Bertz CT molecular complexity index is 746. The number of hydrogen-bond donors (Lipinski definition) is 1. The lowest BCUT2D eigenvalue weighted by atomic mass is 9.95. The highest BCUT2D eigenvalue weighted by atomic mass is 35.5. The molecule has 0 amide bonds.